The summed E-state index contributed by atoms with van der Waals surface area (Å²) in [5, 5.41) is 6.51. The zero-order valence-electron chi connectivity index (χ0n) is 13.3. The summed E-state index contributed by atoms with van der Waals surface area (Å²) < 4.78 is 0. The Morgan fingerprint density at radius 2 is 2.32 bits per heavy atom. The Bertz CT molecular complexity index is 664. The number of benzene rings is 1. The Balaban J connectivity index is 1.56. The molecule has 2 atom stereocenters. The number of aryl methyl sites for hydroxylation is 2. The summed E-state index contributed by atoms with van der Waals surface area (Å²) in [6.45, 7) is 6.20. The van der Waals surface area contributed by atoms with Crippen LogP contribution in [0.15, 0.2) is 18.2 Å². The summed E-state index contributed by atoms with van der Waals surface area (Å²) in [7, 11) is 0. The van der Waals surface area contributed by atoms with E-state index in [0.717, 1.165) is 41.9 Å². The van der Waals surface area contributed by atoms with Crippen LogP contribution < -0.4 is 10.6 Å². The Labute approximate surface area is 130 Å². The highest BCUT2D eigenvalue weighted by atomic mass is 16.1. The van der Waals surface area contributed by atoms with Crippen molar-refractivity contribution in [3.05, 3.63) is 29.6 Å². The molecule has 0 spiro atoms. The smallest absolute Gasteiger partial charge is 0.220 e. The fourth-order valence-electron chi connectivity index (χ4n) is 3.08. The van der Waals surface area contributed by atoms with Crippen LogP contribution in [-0.2, 0) is 11.2 Å². The van der Waals surface area contributed by atoms with E-state index in [1.54, 1.807) is 0 Å². The number of para-hydroxylation sites is 1. The molecule has 5 heteroatoms. The van der Waals surface area contributed by atoms with Crippen molar-refractivity contribution >= 4 is 16.9 Å². The highest BCUT2D eigenvalue weighted by molar-refractivity contribution is 5.79. The molecule has 1 aromatic heterocycles. The zero-order chi connectivity index (χ0) is 15.5. The van der Waals surface area contributed by atoms with E-state index in [2.05, 4.69) is 40.5 Å². The Kier molecular flexibility index (Phi) is 4.43. The maximum atomic E-state index is 12.1. The van der Waals surface area contributed by atoms with Crippen molar-refractivity contribution < 1.29 is 4.79 Å². The first kappa shape index (κ1) is 15.0. The molecule has 1 saturated heterocycles. The molecule has 2 aromatic rings. The SMILES string of the molecule is Cc1cccc2[nH]c(CCC(=O)NC3CCNCC3C)nc12. The highest BCUT2D eigenvalue weighted by Gasteiger charge is 2.22. The van der Waals surface area contributed by atoms with Gasteiger partial charge < -0.3 is 15.6 Å². The van der Waals surface area contributed by atoms with Crippen molar-refractivity contribution in [2.45, 2.75) is 39.2 Å². The van der Waals surface area contributed by atoms with Crippen LogP contribution in [0.5, 0.6) is 0 Å². The summed E-state index contributed by atoms with van der Waals surface area (Å²) in [6, 6.07) is 6.39. The van der Waals surface area contributed by atoms with Gasteiger partial charge in [-0.25, -0.2) is 4.98 Å². The van der Waals surface area contributed by atoms with Crippen molar-refractivity contribution in [3.8, 4) is 0 Å². The maximum absolute atomic E-state index is 12.1. The Morgan fingerprint density at radius 1 is 1.45 bits per heavy atom. The van der Waals surface area contributed by atoms with Crippen LogP contribution in [-0.4, -0.2) is 35.0 Å². The number of carbonyl (C=O) groups is 1. The van der Waals surface area contributed by atoms with Crippen molar-refractivity contribution in [2.24, 2.45) is 5.92 Å². The van der Waals surface area contributed by atoms with Crippen molar-refractivity contribution in [1.82, 2.24) is 20.6 Å². The number of hydrogen-bond acceptors (Lipinski definition) is 3. The van der Waals surface area contributed by atoms with Gasteiger partial charge in [-0.2, -0.15) is 0 Å². The van der Waals surface area contributed by atoms with E-state index >= 15 is 0 Å². The van der Waals surface area contributed by atoms with Gasteiger partial charge in [0, 0.05) is 18.9 Å². The first-order valence-corrected chi connectivity index (χ1v) is 8.08. The van der Waals surface area contributed by atoms with E-state index in [4.69, 9.17) is 0 Å². The molecule has 3 N–H and O–H groups in total. The number of carbonyl (C=O) groups excluding carboxylic acids is 1. The van der Waals surface area contributed by atoms with Gasteiger partial charge in [-0.05, 0) is 44.0 Å². The number of rotatable bonds is 4. The minimum absolute atomic E-state index is 0.121. The van der Waals surface area contributed by atoms with Crippen molar-refractivity contribution in [3.63, 3.8) is 0 Å². The molecule has 0 saturated carbocycles. The van der Waals surface area contributed by atoms with E-state index in [-0.39, 0.29) is 5.91 Å². The maximum Gasteiger partial charge on any atom is 0.220 e. The van der Waals surface area contributed by atoms with E-state index in [1.807, 2.05) is 12.1 Å². The monoisotopic (exact) mass is 300 g/mol. The molecule has 5 nitrogen and oxygen atoms in total. The van der Waals surface area contributed by atoms with Crippen molar-refractivity contribution in [2.75, 3.05) is 13.1 Å². The van der Waals surface area contributed by atoms with Gasteiger partial charge in [-0.1, -0.05) is 19.1 Å². The third-order valence-corrected chi connectivity index (χ3v) is 4.48. The normalized spacial score (nSPS) is 21.9. The second-order valence-electron chi connectivity index (χ2n) is 6.30. The summed E-state index contributed by atoms with van der Waals surface area (Å²) in [5.74, 6) is 1.50. The van der Waals surface area contributed by atoms with E-state index in [1.165, 1.54) is 0 Å². The molecule has 2 unspecified atom stereocenters. The van der Waals surface area contributed by atoms with Gasteiger partial charge in [-0.3, -0.25) is 4.79 Å². The largest absolute Gasteiger partial charge is 0.353 e. The van der Waals surface area contributed by atoms with E-state index in [0.29, 0.717) is 24.8 Å². The topological polar surface area (TPSA) is 69.8 Å². The minimum atomic E-state index is 0.121. The van der Waals surface area contributed by atoms with Gasteiger partial charge in [0.1, 0.15) is 5.82 Å². The zero-order valence-corrected chi connectivity index (χ0v) is 13.3. The first-order valence-electron chi connectivity index (χ1n) is 8.08. The third-order valence-electron chi connectivity index (χ3n) is 4.48. The molecule has 1 aliphatic heterocycles. The van der Waals surface area contributed by atoms with Gasteiger partial charge in [-0.15, -0.1) is 0 Å². The number of hydrogen-bond donors (Lipinski definition) is 3. The number of imidazole rings is 1. The van der Waals surface area contributed by atoms with Gasteiger partial charge in [0.2, 0.25) is 5.91 Å². The molecular formula is C17H24N4O. The molecule has 1 aliphatic rings. The van der Waals surface area contributed by atoms with Gasteiger partial charge in [0.25, 0.3) is 0 Å². The number of fused-ring (bicyclic) bond motifs is 1. The number of aromatic nitrogens is 2. The summed E-state index contributed by atoms with van der Waals surface area (Å²) in [4.78, 5) is 20.0. The summed E-state index contributed by atoms with van der Waals surface area (Å²) >= 11 is 0. The average molecular weight is 300 g/mol. The Morgan fingerprint density at radius 3 is 3.09 bits per heavy atom. The molecule has 0 bridgehead atoms. The van der Waals surface area contributed by atoms with Gasteiger partial charge in [0.05, 0.1) is 11.0 Å². The van der Waals surface area contributed by atoms with Crippen molar-refractivity contribution in [1.29, 1.82) is 0 Å². The van der Waals surface area contributed by atoms with Crippen LogP contribution in [0.1, 0.15) is 31.2 Å². The Hall–Kier alpha value is -1.88. The van der Waals surface area contributed by atoms with Crippen LogP contribution in [0.3, 0.4) is 0 Å². The number of aromatic amines is 1. The predicted octanol–water partition coefficient (Wildman–Crippen LogP) is 1.92. The third kappa shape index (κ3) is 3.30. The van der Waals surface area contributed by atoms with Crippen LogP contribution in [0.25, 0.3) is 11.0 Å². The number of H-pyrrole nitrogens is 1. The molecule has 22 heavy (non-hydrogen) atoms. The molecule has 3 rings (SSSR count). The quantitative estimate of drug-likeness (QED) is 0.808. The van der Waals surface area contributed by atoms with Crippen LogP contribution in [0.4, 0.5) is 0 Å². The van der Waals surface area contributed by atoms with Gasteiger partial charge >= 0.3 is 0 Å². The lowest BCUT2D eigenvalue weighted by Crippen LogP contribution is -2.48. The lowest BCUT2D eigenvalue weighted by molar-refractivity contribution is -0.122. The fourth-order valence-corrected chi connectivity index (χ4v) is 3.08. The second-order valence-corrected chi connectivity index (χ2v) is 6.30. The average Bonchev–Trinajstić information content (AvgIpc) is 2.92. The summed E-state index contributed by atoms with van der Waals surface area (Å²) in [6.07, 6.45) is 2.14. The number of nitrogens with zero attached hydrogens (tertiary/aromatic N) is 1. The standard InChI is InChI=1S/C17H24N4O/c1-11-4-3-5-14-17(11)21-15(19-14)6-7-16(22)20-13-8-9-18-10-12(13)2/h3-5,12-13,18H,6-10H2,1-2H3,(H,19,21)(H,20,22). The molecule has 1 amide bonds. The van der Waals surface area contributed by atoms with Crippen LogP contribution >= 0.6 is 0 Å². The lowest BCUT2D eigenvalue weighted by Gasteiger charge is -2.30. The van der Waals surface area contributed by atoms with E-state index in [9.17, 15) is 4.79 Å². The van der Waals surface area contributed by atoms with Crippen LogP contribution in [0, 0.1) is 12.8 Å². The highest BCUT2D eigenvalue weighted by Crippen LogP contribution is 2.16. The first-order chi connectivity index (χ1) is 10.6. The van der Waals surface area contributed by atoms with Gasteiger partial charge in [0.15, 0.2) is 0 Å². The molecule has 0 radical (unpaired) electrons. The minimum Gasteiger partial charge on any atom is -0.353 e. The fraction of sp³-hybridized carbons (Fsp3) is 0.529. The molecule has 1 fully saturated rings. The molecule has 2 heterocycles. The molecule has 1 aromatic carbocycles. The number of amides is 1. The predicted molar refractivity (Wildman–Crippen MR) is 87.7 cm³/mol. The summed E-state index contributed by atoms with van der Waals surface area (Å²) in [5.41, 5.74) is 3.21. The van der Waals surface area contributed by atoms with Crippen LogP contribution in [0.2, 0.25) is 0 Å². The number of piperidine rings is 1. The number of nitrogens with one attached hydrogen (secondary N) is 3. The lowest BCUT2D eigenvalue weighted by atomic mass is 9.95. The molecule has 0 aliphatic carbocycles. The molecular weight excluding hydrogens is 276 g/mol. The second kappa shape index (κ2) is 6.48. The molecule has 118 valence electrons. The van der Waals surface area contributed by atoms with E-state index < -0.39 is 0 Å².